The van der Waals surface area contributed by atoms with Crippen molar-refractivity contribution >= 4 is 17.0 Å². The van der Waals surface area contributed by atoms with Crippen LogP contribution in [0.4, 0.5) is 4.79 Å². The van der Waals surface area contributed by atoms with Crippen molar-refractivity contribution in [3.63, 3.8) is 0 Å². The molecule has 32 heavy (non-hydrogen) atoms. The van der Waals surface area contributed by atoms with Gasteiger partial charge in [0.25, 0.3) is 0 Å². The number of piperidine rings is 1. The summed E-state index contributed by atoms with van der Waals surface area (Å²) in [6.07, 6.45) is 1.63. The van der Waals surface area contributed by atoms with Crippen molar-refractivity contribution in [3.05, 3.63) is 48.2 Å². The maximum atomic E-state index is 12.3. The molecule has 2 aromatic carbocycles. The van der Waals surface area contributed by atoms with Crippen LogP contribution in [-0.2, 0) is 4.74 Å². The van der Waals surface area contributed by atoms with E-state index in [9.17, 15) is 4.79 Å². The van der Waals surface area contributed by atoms with Crippen molar-refractivity contribution in [1.82, 2.24) is 9.88 Å². The smallest absolute Gasteiger partial charge is 0.410 e. The molecule has 0 bridgehead atoms. The van der Waals surface area contributed by atoms with E-state index in [0.717, 1.165) is 41.0 Å². The number of hydrogen-bond acceptors (Lipinski definition) is 4. The molecule has 6 heteroatoms. The summed E-state index contributed by atoms with van der Waals surface area (Å²) < 4.78 is 16.3. The Balaban J connectivity index is 1.49. The van der Waals surface area contributed by atoms with Crippen LogP contribution in [0.5, 0.6) is 11.5 Å². The molecule has 1 fully saturated rings. The summed E-state index contributed by atoms with van der Waals surface area (Å²) in [5, 5.41) is 1.18. The molecule has 0 aliphatic carbocycles. The van der Waals surface area contributed by atoms with Crippen LogP contribution in [0.1, 0.15) is 45.2 Å². The fourth-order valence-electron chi connectivity index (χ4n) is 4.27. The molecule has 4 rings (SSSR count). The third-order valence-electron chi connectivity index (χ3n) is 5.94. The molecule has 0 spiro atoms. The highest BCUT2D eigenvalue weighted by atomic mass is 16.6. The summed E-state index contributed by atoms with van der Waals surface area (Å²) in [6, 6.07) is 14.7. The monoisotopic (exact) mass is 436 g/mol. The minimum atomic E-state index is -0.462. The van der Waals surface area contributed by atoms with Gasteiger partial charge in [0, 0.05) is 35.6 Å². The maximum absolute atomic E-state index is 12.3. The van der Waals surface area contributed by atoms with E-state index < -0.39 is 5.60 Å². The number of likely N-dealkylation sites (tertiary alicyclic amines) is 1. The minimum Gasteiger partial charge on any atom is -0.493 e. The lowest BCUT2D eigenvalue weighted by Crippen LogP contribution is -2.41. The zero-order valence-electron chi connectivity index (χ0n) is 19.5. The van der Waals surface area contributed by atoms with E-state index in [4.69, 9.17) is 14.2 Å². The van der Waals surface area contributed by atoms with Crippen LogP contribution in [0, 0.1) is 0 Å². The molecule has 1 saturated heterocycles. The fraction of sp³-hybridized carbons (Fsp3) is 0.423. The number of nitrogens with one attached hydrogen (secondary N) is 1. The van der Waals surface area contributed by atoms with Gasteiger partial charge < -0.3 is 24.1 Å². The molecule has 1 aliphatic heterocycles. The van der Waals surface area contributed by atoms with Gasteiger partial charge >= 0.3 is 6.09 Å². The van der Waals surface area contributed by atoms with Crippen molar-refractivity contribution in [1.29, 1.82) is 0 Å². The molecule has 0 radical (unpaired) electrons. The number of benzene rings is 2. The Bertz CT molecular complexity index is 1100. The van der Waals surface area contributed by atoms with Gasteiger partial charge in [0.05, 0.1) is 14.2 Å². The van der Waals surface area contributed by atoms with E-state index in [1.54, 1.807) is 14.2 Å². The predicted molar refractivity (Wildman–Crippen MR) is 127 cm³/mol. The molecule has 1 aliphatic rings. The molecule has 0 atom stereocenters. The van der Waals surface area contributed by atoms with Gasteiger partial charge in [-0.05, 0) is 75.1 Å². The number of ether oxygens (including phenoxy) is 3. The lowest BCUT2D eigenvalue weighted by atomic mass is 9.93. The first-order valence-corrected chi connectivity index (χ1v) is 11.1. The summed E-state index contributed by atoms with van der Waals surface area (Å²) >= 11 is 0. The number of aromatic amines is 1. The van der Waals surface area contributed by atoms with Crippen molar-refractivity contribution in [2.45, 2.75) is 45.1 Å². The van der Waals surface area contributed by atoms with Crippen LogP contribution in [0.25, 0.3) is 22.0 Å². The molecule has 6 nitrogen and oxygen atoms in total. The second kappa shape index (κ2) is 8.77. The summed E-state index contributed by atoms with van der Waals surface area (Å²) in [6.45, 7) is 7.13. The van der Waals surface area contributed by atoms with Crippen LogP contribution in [0.15, 0.2) is 42.5 Å². The average Bonchev–Trinajstić information content (AvgIpc) is 3.21. The SMILES string of the molecule is COc1ccc(-c2ccc3[nH]c(C4CCN(C(=O)OC(C)(C)C)CC4)cc3c2)cc1OC. The Morgan fingerprint density at radius 2 is 1.59 bits per heavy atom. The number of H-pyrrole nitrogens is 1. The third-order valence-corrected chi connectivity index (χ3v) is 5.94. The number of carbonyl (C=O) groups is 1. The minimum absolute atomic E-state index is 0.216. The van der Waals surface area contributed by atoms with Crippen molar-refractivity contribution in [3.8, 4) is 22.6 Å². The van der Waals surface area contributed by atoms with E-state index in [2.05, 4.69) is 29.2 Å². The molecule has 2 heterocycles. The third kappa shape index (κ3) is 4.69. The number of carbonyl (C=O) groups excluding carboxylic acids is 1. The van der Waals surface area contributed by atoms with Gasteiger partial charge in [-0.2, -0.15) is 0 Å². The van der Waals surface area contributed by atoms with Crippen molar-refractivity contribution in [2.75, 3.05) is 27.3 Å². The molecule has 170 valence electrons. The van der Waals surface area contributed by atoms with Crippen LogP contribution >= 0.6 is 0 Å². The van der Waals surface area contributed by atoms with Crippen molar-refractivity contribution < 1.29 is 19.0 Å². The molecule has 0 unspecified atom stereocenters. The van der Waals surface area contributed by atoms with Gasteiger partial charge in [-0.15, -0.1) is 0 Å². The fourth-order valence-corrected chi connectivity index (χ4v) is 4.27. The first kappa shape index (κ1) is 22.1. The Morgan fingerprint density at radius 1 is 0.938 bits per heavy atom. The summed E-state index contributed by atoms with van der Waals surface area (Å²) in [5.74, 6) is 1.85. The zero-order valence-corrected chi connectivity index (χ0v) is 19.5. The number of fused-ring (bicyclic) bond motifs is 1. The second-order valence-corrected chi connectivity index (χ2v) is 9.34. The van der Waals surface area contributed by atoms with E-state index in [1.165, 1.54) is 11.1 Å². The second-order valence-electron chi connectivity index (χ2n) is 9.34. The summed E-state index contributed by atoms with van der Waals surface area (Å²) in [5.41, 5.74) is 4.10. The predicted octanol–water partition coefficient (Wildman–Crippen LogP) is 5.97. The van der Waals surface area contributed by atoms with E-state index >= 15 is 0 Å². The highest BCUT2D eigenvalue weighted by Crippen LogP contribution is 2.35. The van der Waals surface area contributed by atoms with Gasteiger partial charge in [-0.25, -0.2) is 4.79 Å². The van der Waals surface area contributed by atoms with E-state index in [1.807, 2.05) is 43.9 Å². The highest BCUT2D eigenvalue weighted by molar-refractivity contribution is 5.86. The van der Waals surface area contributed by atoms with Gasteiger partial charge in [-0.1, -0.05) is 12.1 Å². The Kier molecular flexibility index (Phi) is 6.04. The van der Waals surface area contributed by atoms with E-state index in [-0.39, 0.29) is 6.09 Å². The Hall–Kier alpha value is -3.15. The van der Waals surface area contributed by atoms with Crippen LogP contribution < -0.4 is 9.47 Å². The zero-order chi connectivity index (χ0) is 22.9. The molecule has 1 amide bonds. The number of methoxy groups -OCH3 is 2. The summed E-state index contributed by atoms with van der Waals surface area (Å²) in [4.78, 5) is 17.7. The molecular weight excluding hydrogens is 404 g/mol. The largest absolute Gasteiger partial charge is 0.493 e. The number of nitrogens with zero attached hydrogens (tertiary/aromatic N) is 1. The Labute approximate surface area is 189 Å². The lowest BCUT2D eigenvalue weighted by molar-refractivity contribution is 0.0204. The van der Waals surface area contributed by atoms with Gasteiger partial charge in [0.15, 0.2) is 11.5 Å². The molecule has 3 aromatic rings. The van der Waals surface area contributed by atoms with Gasteiger partial charge in [0.1, 0.15) is 5.60 Å². The first-order chi connectivity index (χ1) is 15.3. The topological polar surface area (TPSA) is 63.8 Å². The van der Waals surface area contributed by atoms with Crippen LogP contribution in [0.2, 0.25) is 0 Å². The Morgan fingerprint density at radius 3 is 2.25 bits per heavy atom. The average molecular weight is 437 g/mol. The number of amides is 1. The van der Waals surface area contributed by atoms with E-state index in [0.29, 0.717) is 19.0 Å². The number of aromatic nitrogens is 1. The molecule has 1 N–H and O–H groups in total. The number of hydrogen-bond donors (Lipinski definition) is 1. The first-order valence-electron chi connectivity index (χ1n) is 11.1. The van der Waals surface area contributed by atoms with Crippen LogP contribution in [-0.4, -0.2) is 48.9 Å². The van der Waals surface area contributed by atoms with Crippen molar-refractivity contribution in [2.24, 2.45) is 0 Å². The maximum Gasteiger partial charge on any atom is 0.410 e. The van der Waals surface area contributed by atoms with Crippen LogP contribution in [0.3, 0.4) is 0 Å². The van der Waals surface area contributed by atoms with Gasteiger partial charge in [0.2, 0.25) is 0 Å². The lowest BCUT2D eigenvalue weighted by Gasteiger charge is -2.33. The molecule has 1 aromatic heterocycles. The standard InChI is InChI=1S/C26H32N2O4/c1-26(2,3)32-25(29)28-12-10-17(11-13-28)22-15-20-14-18(6-8-21(20)27-22)19-7-9-23(30-4)24(16-19)31-5/h6-9,14-17,27H,10-13H2,1-5H3. The molecular formula is C26H32N2O4. The highest BCUT2D eigenvalue weighted by Gasteiger charge is 2.28. The summed E-state index contributed by atoms with van der Waals surface area (Å²) in [7, 11) is 3.29. The number of rotatable bonds is 4. The normalized spacial score (nSPS) is 15.1. The molecule has 0 saturated carbocycles. The van der Waals surface area contributed by atoms with Gasteiger partial charge in [-0.3, -0.25) is 0 Å². The quantitative estimate of drug-likeness (QED) is 0.547.